The summed E-state index contributed by atoms with van der Waals surface area (Å²) in [6.45, 7) is 4.14. The number of hydrogen-bond acceptors (Lipinski definition) is 5. The number of ether oxygens (including phenoxy) is 1. The number of carbonyl (C=O) groups excluding carboxylic acids is 1. The topological polar surface area (TPSA) is 55.3 Å². The summed E-state index contributed by atoms with van der Waals surface area (Å²) in [5.41, 5.74) is 3.25. The van der Waals surface area contributed by atoms with Crippen LogP contribution in [0.1, 0.15) is 56.0 Å². The second kappa shape index (κ2) is 6.59. The first-order chi connectivity index (χ1) is 13.1. The van der Waals surface area contributed by atoms with Crippen LogP contribution in [-0.4, -0.2) is 28.3 Å². The van der Waals surface area contributed by atoms with Gasteiger partial charge < -0.3 is 9.64 Å². The Hall–Kier alpha value is -1.95. The number of rotatable bonds is 4. The molecule has 0 N–H and O–H groups in total. The van der Waals surface area contributed by atoms with E-state index in [1.807, 2.05) is 11.8 Å². The van der Waals surface area contributed by atoms with Crippen molar-refractivity contribution in [2.75, 3.05) is 4.90 Å². The van der Waals surface area contributed by atoms with Crippen molar-refractivity contribution in [3.63, 3.8) is 0 Å². The number of amides is 1. The minimum absolute atomic E-state index is 0.222. The molecule has 2 aliphatic carbocycles. The largest absolute Gasteiger partial charge is 0.489 e. The maximum Gasteiger partial charge on any atom is 0.230 e. The number of benzene rings is 1. The van der Waals surface area contributed by atoms with Gasteiger partial charge in [-0.3, -0.25) is 4.79 Å². The highest BCUT2D eigenvalue weighted by Crippen LogP contribution is 2.46. The molecule has 1 atom stereocenters. The van der Waals surface area contributed by atoms with E-state index in [1.54, 1.807) is 11.3 Å². The highest BCUT2D eigenvalue weighted by atomic mass is 32.1. The van der Waals surface area contributed by atoms with Gasteiger partial charge in [-0.15, -0.1) is 10.2 Å². The van der Waals surface area contributed by atoms with E-state index in [0.717, 1.165) is 65.5 Å². The molecule has 0 spiro atoms. The molecule has 27 heavy (non-hydrogen) atoms. The third-order valence-corrected chi connectivity index (χ3v) is 6.88. The van der Waals surface area contributed by atoms with Crippen LogP contribution in [-0.2, 0) is 11.2 Å². The van der Waals surface area contributed by atoms with E-state index < -0.39 is 0 Å². The maximum absolute atomic E-state index is 13.0. The van der Waals surface area contributed by atoms with E-state index in [-0.39, 0.29) is 24.0 Å². The van der Waals surface area contributed by atoms with Gasteiger partial charge >= 0.3 is 0 Å². The van der Waals surface area contributed by atoms with Crippen LogP contribution in [0.15, 0.2) is 12.1 Å². The number of carbonyl (C=O) groups is 1. The van der Waals surface area contributed by atoms with Gasteiger partial charge in [-0.05, 0) is 70.9 Å². The number of nitrogens with zero attached hydrogens (tertiary/aromatic N) is 3. The summed E-state index contributed by atoms with van der Waals surface area (Å²) in [6.07, 6.45) is 7.73. The van der Waals surface area contributed by atoms with E-state index in [2.05, 4.69) is 29.3 Å². The smallest absolute Gasteiger partial charge is 0.230 e. The van der Waals surface area contributed by atoms with Crippen LogP contribution in [0.2, 0.25) is 0 Å². The van der Waals surface area contributed by atoms with Crippen molar-refractivity contribution in [2.45, 2.75) is 70.9 Å². The van der Waals surface area contributed by atoms with E-state index in [9.17, 15) is 4.79 Å². The van der Waals surface area contributed by atoms with Gasteiger partial charge in [0.2, 0.25) is 5.91 Å². The summed E-state index contributed by atoms with van der Waals surface area (Å²) in [4.78, 5) is 15.0. The third kappa shape index (κ3) is 3.04. The molecule has 1 amide bonds. The predicted octanol–water partition coefficient (Wildman–Crippen LogP) is 4.52. The SMILES string of the molecule is Cc1nnc(-c2ccc3c(c2OC2CCC2)CC[C@H](C)N3C(=O)C2CC2)s1. The first-order valence-corrected chi connectivity index (χ1v) is 10.9. The number of aromatic nitrogens is 2. The van der Waals surface area contributed by atoms with Crippen LogP contribution in [0.4, 0.5) is 5.69 Å². The van der Waals surface area contributed by atoms with Crippen LogP contribution in [0.3, 0.4) is 0 Å². The Kier molecular flexibility index (Phi) is 4.19. The van der Waals surface area contributed by atoms with Gasteiger partial charge in [-0.25, -0.2) is 0 Å². The van der Waals surface area contributed by atoms with Gasteiger partial charge in [0.1, 0.15) is 10.8 Å². The normalized spacial score (nSPS) is 22.3. The molecule has 0 bridgehead atoms. The Balaban J connectivity index is 1.61. The van der Waals surface area contributed by atoms with Gasteiger partial charge in [-0.2, -0.15) is 0 Å². The molecule has 142 valence electrons. The molecule has 1 aromatic heterocycles. The summed E-state index contributed by atoms with van der Waals surface area (Å²) >= 11 is 1.60. The zero-order chi connectivity index (χ0) is 18.5. The van der Waals surface area contributed by atoms with Gasteiger partial charge in [0.25, 0.3) is 0 Å². The molecular formula is C21H25N3O2S. The number of aryl methyl sites for hydroxylation is 1. The molecular weight excluding hydrogens is 358 g/mol. The lowest BCUT2D eigenvalue weighted by Gasteiger charge is -2.38. The van der Waals surface area contributed by atoms with Crippen LogP contribution in [0.25, 0.3) is 10.6 Å². The molecule has 2 saturated carbocycles. The van der Waals surface area contributed by atoms with Gasteiger partial charge in [-0.1, -0.05) is 11.3 Å². The predicted molar refractivity (Wildman–Crippen MR) is 106 cm³/mol. The number of hydrogen-bond donors (Lipinski definition) is 0. The molecule has 0 radical (unpaired) electrons. The molecule has 2 heterocycles. The molecule has 0 unspecified atom stereocenters. The van der Waals surface area contributed by atoms with Crippen molar-refractivity contribution < 1.29 is 9.53 Å². The Labute approximate surface area is 163 Å². The third-order valence-electron chi connectivity index (χ3n) is 6.01. The molecule has 3 aliphatic rings. The lowest BCUT2D eigenvalue weighted by Crippen LogP contribution is -2.43. The monoisotopic (exact) mass is 383 g/mol. The van der Waals surface area contributed by atoms with Crippen molar-refractivity contribution in [1.29, 1.82) is 0 Å². The summed E-state index contributed by atoms with van der Waals surface area (Å²) in [7, 11) is 0. The van der Waals surface area contributed by atoms with Crippen LogP contribution < -0.4 is 9.64 Å². The first-order valence-electron chi connectivity index (χ1n) is 10.1. The quantitative estimate of drug-likeness (QED) is 0.779. The van der Waals surface area contributed by atoms with Crippen LogP contribution in [0.5, 0.6) is 5.75 Å². The minimum Gasteiger partial charge on any atom is -0.489 e. The lowest BCUT2D eigenvalue weighted by molar-refractivity contribution is -0.120. The average Bonchev–Trinajstić information content (AvgIpc) is 3.38. The lowest BCUT2D eigenvalue weighted by atomic mass is 9.92. The highest BCUT2D eigenvalue weighted by Gasteiger charge is 2.39. The van der Waals surface area contributed by atoms with Gasteiger partial charge in [0.15, 0.2) is 5.01 Å². The number of anilines is 1. The molecule has 1 aromatic carbocycles. The van der Waals surface area contributed by atoms with Crippen molar-refractivity contribution in [3.05, 3.63) is 22.7 Å². The van der Waals surface area contributed by atoms with Crippen molar-refractivity contribution in [3.8, 4) is 16.3 Å². The number of fused-ring (bicyclic) bond motifs is 1. The Morgan fingerprint density at radius 1 is 1.19 bits per heavy atom. The second-order valence-electron chi connectivity index (χ2n) is 8.11. The molecule has 5 nitrogen and oxygen atoms in total. The first kappa shape index (κ1) is 17.2. The van der Waals surface area contributed by atoms with Crippen LogP contribution in [0, 0.1) is 12.8 Å². The van der Waals surface area contributed by atoms with Gasteiger partial charge in [0, 0.05) is 17.5 Å². The fourth-order valence-corrected chi connectivity index (χ4v) is 4.74. The zero-order valence-corrected chi connectivity index (χ0v) is 16.7. The van der Waals surface area contributed by atoms with Crippen molar-refractivity contribution in [2.24, 2.45) is 5.92 Å². The highest BCUT2D eigenvalue weighted by molar-refractivity contribution is 7.14. The Bertz CT molecular complexity index is 886. The summed E-state index contributed by atoms with van der Waals surface area (Å²) in [5, 5.41) is 10.4. The van der Waals surface area contributed by atoms with E-state index >= 15 is 0 Å². The summed E-state index contributed by atoms with van der Waals surface area (Å²) in [5.74, 6) is 1.45. The second-order valence-corrected chi connectivity index (χ2v) is 9.29. The fourth-order valence-electron chi connectivity index (χ4n) is 4.03. The molecule has 2 fully saturated rings. The van der Waals surface area contributed by atoms with Gasteiger partial charge in [0.05, 0.1) is 17.4 Å². The van der Waals surface area contributed by atoms with E-state index in [0.29, 0.717) is 0 Å². The molecule has 0 saturated heterocycles. The summed E-state index contributed by atoms with van der Waals surface area (Å²) in [6, 6.07) is 4.43. The molecule has 5 rings (SSSR count). The molecule has 2 aromatic rings. The summed E-state index contributed by atoms with van der Waals surface area (Å²) < 4.78 is 6.48. The van der Waals surface area contributed by atoms with Crippen LogP contribution >= 0.6 is 11.3 Å². The Morgan fingerprint density at radius 3 is 2.63 bits per heavy atom. The van der Waals surface area contributed by atoms with Crippen molar-refractivity contribution in [1.82, 2.24) is 10.2 Å². The maximum atomic E-state index is 13.0. The average molecular weight is 384 g/mol. The van der Waals surface area contributed by atoms with E-state index in [4.69, 9.17) is 4.74 Å². The Morgan fingerprint density at radius 2 is 2.00 bits per heavy atom. The minimum atomic E-state index is 0.222. The zero-order valence-electron chi connectivity index (χ0n) is 15.9. The van der Waals surface area contributed by atoms with Crippen molar-refractivity contribution >= 4 is 22.9 Å². The molecule has 6 heteroatoms. The fraction of sp³-hybridized carbons (Fsp3) is 0.571. The van der Waals surface area contributed by atoms with E-state index in [1.165, 1.54) is 12.0 Å². The molecule has 1 aliphatic heterocycles. The standard InChI is InChI=1S/C21H25N3O2S/c1-12-6-9-16-18(24(12)21(25)14-7-8-14)11-10-17(20-23-22-13(2)27-20)19(16)26-15-4-3-5-15/h10-12,14-15H,3-9H2,1-2H3/t12-/m0/s1.